The van der Waals surface area contributed by atoms with Crippen molar-refractivity contribution in [2.24, 2.45) is 0 Å². The summed E-state index contributed by atoms with van der Waals surface area (Å²) in [7, 11) is 0. The summed E-state index contributed by atoms with van der Waals surface area (Å²) in [5.41, 5.74) is 4.37. The maximum absolute atomic E-state index is 13.2. The van der Waals surface area contributed by atoms with Crippen LogP contribution in [0.4, 0.5) is 10.1 Å². The normalized spacial score (nSPS) is 19.6. The van der Waals surface area contributed by atoms with E-state index < -0.39 is 5.72 Å². The molecule has 3 nitrogen and oxygen atoms in total. The number of carbonyl (C=O) groups is 1. The Morgan fingerprint density at radius 1 is 0.968 bits per heavy atom. The van der Waals surface area contributed by atoms with Crippen molar-refractivity contribution in [1.29, 1.82) is 0 Å². The summed E-state index contributed by atoms with van der Waals surface area (Å²) in [6, 6.07) is 17.4. The van der Waals surface area contributed by atoms with Gasteiger partial charge in [-0.1, -0.05) is 25.1 Å². The van der Waals surface area contributed by atoms with E-state index in [1.165, 1.54) is 35.4 Å². The number of nitrogens with one attached hydrogen (secondary N) is 1. The molecule has 0 fully saturated rings. The standard InChI is InChI=1S/C26H22FNO2.CH4/c1-16-4-10-22-21(14-16)25(2,3)26(28-22)13-12-18-15-19(7-11-23(18)30-26)24(29)17-5-8-20(27)9-6-17;/h4-15,28H,1-3H3;1H4. The maximum atomic E-state index is 13.2. The van der Waals surface area contributed by atoms with Gasteiger partial charge >= 0.3 is 0 Å². The van der Waals surface area contributed by atoms with E-state index in [4.69, 9.17) is 4.74 Å². The van der Waals surface area contributed by atoms with E-state index in [0.717, 1.165) is 17.0 Å². The molecule has 0 saturated heterocycles. The number of aryl methyl sites for hydroxylation is 1. The first-order valence-electron chi connectivity index (χ1n) is 10.0. The lowest BCUT2D eigenvalue weighted by Crippen LogP contribution is -2.53. The summed E-state index contributed by atoms with van der Waals surface area (Å²) in [5, 5.41) is 3.57. The molecule has 0 aliphatic carbocycles. The predicted molar refractivity (Wildman–Crippen MR) is 123 cm³/mol. The number of benzene rings is 3. The minimum atomic E-state index is -0.696. The fourth-order valence-electron chi connectivity index (χ4n) is 4.34. The Morgan fingerprint density at radius 3 is 2.42 bits per heavy atom. The third-order valence-corrected chi connectivity index (χ3v) is 6.24. The maximum Gasteiger partial charge on any atom is 0.209 e. The molecular weight excluding hydrogens is 389 g/mol. The molecular formula is C27H26FNO2. The van der Waals surface area contributed by atoms with Gasteiger partial charge < -0.3 is 10.1 Å². The summed E-state index contributed by atoms with van der Waals surface area (Å²) in [4.78, 5) is 12.8. The van der Waals surface area contributed by atoms with Crippen molar-refractivity contribution in [3.05, 3.63) is 100 Å². The average molecular weight is 416 g/mol. The summed E-state index contributed by atoms with van der Waals surface area (Å²) in [6.07, 6.45) is 4.05. The van der Waals surface area contributed by atoms with E-state index in [0.29, 0.717) is 11.1 Å². The van der Waals surface area contributed by atoms with Crippen molar-refractivity contribution < 1.29 is 13.9 Å². The Morgan fingerprint density at radius 2 is 1.68 bits per heavy atom. The molecule has 1 unspecified atom stereocenters. The zero-order chi connectivity index (χ0) is 21.1. The third-order valence-electron chi connectivity index (χ3n) is 6.24. The lowest BCUT2D eigenvalue weighted by molar-refractivity contribution is 0.0823. The van der Waals surface area contributed by atoms with Crippen molar-refractivity contribution in [2.75, 3.05) is 5.32 Å². The Labute approximate surface area is 182 Å². The number of hydrogen-bond donors (Lipinski definition) is 1. The molecule has 158 valence electrons. The third kappa shape index (κ3) is 3.14. The molecule has 4 heteroatoms. The van der Waals surface area contributed by atoms with E-state index in [9.17, 15) is 9.18 Å². The SMILES string of the molecule is C.Cc1ccc2c(c1)C(C)(C)C1(C=Cc3cc(C(=O)c4ccc(F)cc4)ccc3O1)N2. The summed E-state index contributed by atoms with van der Waals surface area (Å²) in [5.74, 6) is 0.216. The Balaban J connectivity index is 0.00000231. The van der Waals surface area contributed by atoms with Gasteiger partial charge in [0.1, 0.15) is 11.6 Å². The highest BCUT2D eigenvalue weighted by atomic mass is 19.1. The molecule has 0 saturated carbocycles. The van der Waals surface area contributed by atoms with Crippen LogP contribution < -0.4 is 10.1 Å². The van der Waals surface area contributed by atoms with Crippen molar-refractivity contribution >= 4 is 17.5 Å². The van der Waals surface area contributed by atoms with Crippen LogP contribution >= 0.6 is 0 Å². The Kier molecular flexibility index (Phi) is 4.77. The number of anilines is 1. The molecule has 0 bridgehead atoms. The first-order valence-corrected chi connectivity index (χ1v) is 10.0. The van der Waals surface area contributed by atoms with Crippen LogP contribution in [0.2, 0.25) is 0 Å². The van der Waals surface area contributed by atoms with Crippen LogP contribution in [0.3, 0.4) is 0 Å². The van der Waals surface area contributed by atoms with Gasteiger partial charge in [0.15, 0.2) is 5.78 Å². The van der Waals surface area contributed by atoms with Crippen LogP contribution in [0, 0.1) is 12.7 Å². The van der Waals surface area contributed by atoms with Crippen molar-refractivity contribution in [1.82, 2.24) is 0 Å². The van der Waals surface area contributed by atoms with Crippen LogP contribution in [-0.4, -0.2) is 11.5 Å². The molecule has 0 aromatic heterocycles. The average Bonchev–Trinajstić information content (AvgIpc) is 2.94. The Hall–Kier alpha value is -3.40. The fourth-order valence-corrected chi connectivity index (χ4v) is 4.34. The lowest BCUT2D eigenvalue weighted by atomic mass is 9.76. The highest BCUT2D eigenvalue weighted by Crippen LogP contribution is 2.51. The first kappa shape index (κ1) is 20.9. The van der Waals surface area contributed by atoms with Gasteiger partial charge in [-0.05, 0) is 87.0 Å². The van der Waals surface area contributed by atoms with Crippen LogP contribution in [0.5, 0.6) is 5.75 Å². The van der Waals surface area contributed by atoms with E-state index >= 15 is 0 Å². The van der Waals surface area contributed by atoms with Crippen molar-refractivity contribution in [3.63, 3.8) is 0 Å². The van der Waals surface area contributed by atoms with E-state index in [-0.39, 0.29) is 24.4 Å². The zero-order valence-electron chi connectivity index (χ0n) is 17.1. The number of carbonyl (C=O) groups excluding carboxylic acids is 1. The van der Waals surface area contributed by atoms with Gasteiger partial charge in [0, 0.05) is 22.4 Å². The number of halogens is 1. The quantitative estimate of drug-likeness (QED) is 0.485. The Bertz CT molecular complexity index is 1210. The molecule has 5 rings (SSSR count). The van der Waals surface area contributed by atoms with Gasteiger partial charge in [0.25, 0.3) is 0 Å². The number of hydrogen-bond acceptors (Lipinski definition) is 3. The number of ketones is 1. The van der Waals surface area contributed by atoms with Gasteiger partial charge in [-0.2, -0.15) is 0 Å². The van der Waals surface area contributed by atoms with Gasteiger partial charge in [0.05, 0.1) is 5.41 Å². The summed E-state index contributed by atoms with van der Waals surface area (Å²) in [6.45, 7) is 6.44. The van der Waals surface area contributed by atoms with Crippen LogP contribution in [0.15, 0.2) is 66.7 Å². The number of ether oxygens (including phenoxy) is 1. The molecule has 1 N–H and O–H groups in total. The van der Waals surface area contributed by atoms with Gasteiger partial charge in [-0.25, -0.2) is 4.39 Å². The molecule has 31 heavy (non-hydrogen) atoms. The molecule has 2 aliphatic rings. The van der Waals surface area contributed by atoms with E-state index in [2.05, 4.69) is 44.3 Å². The molecule has 0 amide bonds. The monoisotopic (exact) mass is 415 g/mol. The highest BCUT2D eigenvalue weighted by Gasteiger charge is 2.54. The van der Waals surface area contributed by atoms with Crippen molar-refractivity contribution in [2.45, 2.75) is 39.3 Å². The van der Waals surface area contributed by atoms with Crippen LogP contribution in [-0.2, 0) is 5.41 Å². The van der Waals surface area contributed by atoms with Crippen LogP contribution in [0.1, 0.15) is 53.9 Å². The minimum Gasteiger partial charge on any atom is -0.463 e. The highest BCUT2D eigenvalue weighted by molar-refractivity contribution is 6.09. The topological polar surface area (TPSA) is 38.3 Å². The molecule has 0 radical (unpaired) electrons. The zero-order valence-corrected chi connectivity index (χ0v) is 17.1. The largest absolute Gasteiger partial charge is 0.463 e. The molecule has 2 aliphatic heterocycles. The number of fused-ring (bicyclic) bond motifs is 2. The molecule has 3 aromatic carbocycles. The van der Waals surface area contributed by atoms with E-state index in [1.54, 1.807) is 6.07 Å². The van der Waals surface area contributed by atoms with Crippen LogP contribution in [0.25, 0.3) is 6.08 Å². The predicted octanol–water partition coefficient (Wildman–Crippen LogP) is 6.51. The lowest BCUT2D eigenvalue weighted by Gasteiger charge is -2.41. The second kappa shape index (κ2) is 7.09. The molecule has 1 spiro atoms. The smallest absolute Gasteiger partial charge is 0.209 e. The first-order chi connectivity index (χ1) is 14.3. The molecule has 1 atom stereocenters. The fraction of sp³-hybridized carbons (Fsp3) is 0.222. The second-order valence-corrected chi connectivity index (χ2v) is 8.56. The van der Waals surface area contributed by atoms with Gasteiger partial charge in [0.2, 0.25) is 5.72 Å². The molecule has 3 aromatic rings. The van der Waals surface area contributed by atoms with E-state index in [1.807, 2.05) is 24.3 Å². The summed E-state index contributed by atoms with van der Waals surface area (Å²) >= 11 is 0. The number of rotatable bonds is 2. The minimum absolute atomic E-state index is 0. The van der Waals surface area contributed by atoms with Gasteiger partial charge in [-0.15, -0.1) is 0 Å². The molecule has 2 heterocycles. The second-order valence-electron chi connectivity index (χ2n) is 8.56. The summed E-state index contributed by atoms with van der Waals surface area (Å²) < 4.78 is 19.7. The van der Waals surface area contributed by atoms with Gasteiger partial charge in [-0.3, -0.25) is 4.79 Å². The van der Waals surface area contributed by atoms with Crippen molar-refractivity contribution in [3.8, 4) is 5.75 Å².